The molecule has 1 aromatic heterocycles. The predicted octanol–water partition coefficient (Wildman–Crippen LogP) is 4.49. The molecular weight excluding hydrogens is 278 g/mol. The van der Waals surface area contributed by atoms with E-state index >= 15 is 0 Å². The van der Waals surface area contributed by atoms with Crippen molar-refractivity contribution in [2.75, 3.05) is 0 Å². The SMILES string of the molecule is CC(C)c1ccc(C(NC(=O)C2CC2)c2cccs2)cc1. The normalized spacial score (nSPS) is 16.0. The summed E-state index contributed by atoms with van der Waals surface area (Å²) in [7, 11) is 0. The first-order chi connectivity index (χ1) is 10.1. The molecule has 3 rings (SSSR count). The summed E-state index contributed by atoms with van der Waals surface area (Å²) in [4.78, 5) is 13.3. The highest BCUT2D eigenvalue weighted by Gasteiger charge is 2.31. The summed E-state index contributed by atoms with van der Waals surface area (Å²) in [6.07, 6.45) is 2.07. The van der Waals surface area contributed by atoms with Crippen LogP contribution < -0.4 is 5.32 Å². The largest absolute Gasteiger partial charge is 0.344 e. The second-order valence-electron chi connectivity index (χ2n) is 6.05. The first-order valence-corrected chi connectivity index (χ1v) is 8.46. The molecule has 2 aromatic rings. The standard InChI is InChI=1S/C18H21NOS/c1-12(2)13-5-7-14(8-6-13)17(16-4-3-11-21-16)19-18(20)15-9-10-15/h3-8,11-12,15,17H,9-10H2,1-2H3,(H,19,20). The molecule has 0 bridgehead atoms. The second kappa shape index (κ2) is 6.02. The molecule has 1 unspecified atom stereocenters. The van der Waals surface area contributed by atoms with Crippen molar-refractivity contribution >= 4 is 17.2 Å². The van der Waals surface area contributed by atoms with Gasteiger partial charge in [-0.25, -0.2) is 0 Å². The van der Waals surface area contributed by atoms with E-state index in [1.165, 1.54) is 10.4 Å². The maximum atomic E-state index is 12.2. The van der Waals surface area contributed by atoms with Crippen molar-refractivity contribution in [1.82, 2.24) is 5.32 Å². The van der Waals surface area contributed by atoms with E-state index in [1.54, 1.807) is 11.3 Å². The summed E-state index contributed by atoms with van der Waals surface area (Å²) in [6.45, 7) is 4.39. The van der Waals surface area contributed by atoms with Gasteiger partial charge in [0.15, 0.2) is 0 Å². The number of thiophene rings is 1. The van der Waals surface area contributed by atoms with Crippen LogP contribution in [0.3, 0.4) is 0 Å². The summed E-state index contributed by atoms with van der Waals surface area (Å²) in [5.74, 6) is 0.962. The lowest BCUT2D eigenvalue weighted by Gasteiger charge is -2.19. The van der Waals surface area contributed by atoms with E-state index in [9.17, 15) is 4.79 Å². The van der Waals surface area contributed by atoms with Crippen molar-refractivity contribution in [3.05, 3.63) is 57.8 Å². The molecule has 1 aliphatic rings. The molecule has 1 N–H and O–H groups in total. The minimum absolute atomic E-state index is 0.0145. The fourth-order valence-corrected chi connectivity index (χ4v) is 3.26. The van der Waals surface area contributed by atoms with E-state index < -0.39 is 0 Å². The summed E-state index contributed by atoms with van der Waals surface area (Å²) in [6, 6.07) is 12.8. The van der Waals surface area contributed by atoms with E-state index in [0.29, 0.717) is 5.92 Å². The average Bonchev–Trinajstić information content (AvgIpc) is 3.20. The van der Waals surface area contributed by atoms with Crippen LogP contribution in [0.15, 0.2) is 41.8 Å². The molecule has 21 heavy (non-hydrogen) atoms. The van der Waals surface area contributed by atoms with E-state index in [4.69, 9.17) is 0 Å². The monoisotopic (exact) mass is 299 g/mol. The van der Waals surface area contributed by atoms with E-state index in [2.05, 4.69) is 54.9 Å². The smallest absolute Gasteiger partial charge is 0.223 e. The number of carbonyl (C=O) groups is 1. The number of benzene rings is 1. The molecule has 1 atom stereocenters. The van der Waals surface area contributed by atoms with Crippen LogP contribution in [0.2, 0.25) is 0 Å². The molecule has 2 nitrogen and oxygen atoms in total. The summed E-state index contributed by atoms with van der Waals surface area (Å²) >= 11 is 1.70. The van der Waals surface area contributed by atoms with Gasteiger partial charge in [-0.05, 0) is 41.3 Å². The molecule has 1 amide bonds. The van der Waals surface area contributed by atoms with Crippen LogP contribution in [0.1, 0.15) is 54.7 Å². The Labute approximate surface area is 130 Å². The lowest BCUT2D eigenvalue weighted by atomic mass is 9.98. The predicted molar refractivity (Wildman–Crippen MR) is 87.6 cm³/mol. The average molecular weight is 299 g/mol. The van der Waals surface area contributed by atoms with Gasteiger partial charge in [-0.2, -0.15) is 0 Å². The quantitative estimate of drug-likeness (QED) is 0.866. The molecule has 1 heterocycles. The Morgan fingerprint density at radius 3 is 2.33 bits per heavy atom. The molecule has 3 heteroatoms. The first kappa shape index (κ1) is 14.3. The van der Waals surface area contributed by atoms with Gasteiger partial charge in [0.05, 0.1) is 6.04 Å². The zero-order valence-electron chi connectivity index (χ0n) is 12.5. The summed E-state index contributed by atoms with van der Waals surface area (Å²) in [5, 5.41) is 5.28. The molecule has 1 aliphatic carbocycles. The van der Waals surface area contributed by atoms with E-state index in [-0.39, 0.29) is 17.9 Å². The molecule has 1 aromatic carbocycles. The number of rotatable bonds is 5. The summed E-state index contributed by atoms with van der Waals surface area (Å²) in [5.41, 5.74) is 2.49. The van der Waals surface area contributed by atoms with Gasteiger partial charge < -0.3 is 5.32 Å². The molecule has 0 aliphatic heterocycles. The zero-order valence-corrected chi connectivity index (χ0v) is 13.3. The van der Waals surface area contributed by atoms with E-state index in [1.807, 2.05) is 6.07 Å². The molecule has 1 saturated carbocycles. The fourth-order valence-electron chi connectivity index (χ4n) is 2.45. The van der Waals surface area contributed by atoms with Gasteiger partial charge in [-0.1, -0.05) is 44.2 Å². The van der Waals surface area contributed by atoms with Crippen LogP contribution in [0.5, 0.6) is 0 Å². The Kier molecular flexibility index (Phi) is 4.11. The van der Waals surface area contributed by atoms with Crippen LogP contribution in [0, 0.1) is 5.92 Å². The van der Waals surface area contributed by atoms with Gasteiger partial charge in [-0.3, -0.25) is 4.79 Å². The Balaban J connectivity index is 1.85. The topological polar surface area (TPSA) is 29.1 Å². The highest BCUT2D eigenvalue weighted by molar-refractivity contribution is 7.10. The first-order valence-electron chi connectivity index (χ1n) is 7.59. The van der Waals surface area contributed by atoms with Crippen molar-refractivity contribution in [2.45, 2.75) is 38.6 Å². The Hall–Kier alpha value is -1.61. The van der Waals surface area contributed by atoms with Gasteiger partial charge in [0.25, 0.3) is 0 Å². The Bertz CT molecular complexity index is 597. The van der Waals surface area contributed by atoms with Crippen LogP contribution in [0.25, 0.3) is 0 Å². The molecule has 0 saturated heterocycles. The van der Waals surface area contributed by atoms with Gasteiger partial charge in [0.2, 0.25) is 5.91 Å². The van der Waals surface area contributed by atoms with Crippen LogP contribution in [0.4, 0.5) is 0 Å². The number of nitrogens with one attached hydrogen (secondary N) is 1. The number of hydrogen-bond acceptors (Lipinski definition) is 2. The molecular formula is C18H21NOS. The van der Waals surface area contributed by atoms with Crippen molar-refractivity contribution in [2.24, 2.45) is 5.92 Å². The number of carbonyl (C=O) groups excluding carboxylic acids is 1. The molecule has 0 radical (unpaired) electrons. The van der Waals surface area contributed by atoms with Crippen molar-refractivity contribution in [3.63, 3.8) is 0 Å². The molecule has 1 fully saturated rings. The fraction of sp³-hybridized carbons (Fsp3) is 0.389. The van der Waals surface area contributed by atoms with Crippen molar-refractivity contribution < 1.29 is 4.79 Å². The maximum Gasteiger partial charge on any atom is 0.223 e. The minimum atomic E-state index is -0.0145. The minimum Gasteiger partial charge on any atom is -0.344 e. The molecule has 110 valence electrons. The van der Waals surface area contributed by atoms with Gasteiger partial charge in [-0.15, -0.1) is 11.3 Å². The Morgan fingerprint density at radius 1 is 1.14 bits per heavy atom. The van der Waals surface area contributed by atoms with E-state index in [0.717, 1.165) is 18.4 Å². The van der Waals surface area contributed by atoms with Crippen LogP contribution in [-0.4, -0.2) is 5.91 Å². The lowest BCUT2D eigenvalue weighted by molar-refractivity contribution is -0.122. The van der Waals surface area contributed by atoms with Gasteiger partial charge in [0, 0.05) is 10.8 Å². The maximum absolute atomic E-state index is 12.2. The third-order valence-corrected chi connectivity index (χ3v) is 4.94. The lowest BCUT2D eigenvalue weighted by Crippen LogP contribution is -2.29. The highest BCUT2D eigenvalue weighted by Crippen LogP contribution is 2.32. The van der Waals surface area contributed by atoms with Gasteiger partial charge in [0.1, 0.15) is 0 Å². The van der Waals surface area contributed by atoms with Crippen LogP contribution in [-0.2, 0) is 4.79 Å². The van der Waals surface area contributed by atoms with Crippen molar-refractivity contribution in [1.29, 1.82) is 0 Å². The number of hydrogen-bond donors (Lipinski definition) is 1. The number of amides is 1. The molecule has 0 spiro atoms. The van der Waals surface area contributed by atoms with Crippen LogP contribution >= 0.6 is 11.3 Å². The third-order valence-electron chi connectivity index (χ3n) is 4.00. The van der Waals surface area contributed by atoms with Crippen molar-refractivity contribution in [3.8, 4) is 0 Å². The Morgan fingerprint density at radius 2 is 1.81 bits per heavy atom. The van der Waals surface area contributed by atoms with Gasteiger partial charge >= 0.3 is 0 Å². The zero-order chi connectivity index (χ0) is 14.8. The summed E-state index contributed by atoms with van der Waals surface area (Å²) < 4.78 is 0. The highest BCUT2D eigenvalue weighted by atomic mass is 32.1. The second-order valence-corrected chi connectivity index (χ2v) is 7.03. The third kappa shape index (κ3) is 3.35.